The van der Waals surface area contributed by atoms with Crippen LogP contribution in [0.15, 0.2) is 35.9 Å². The van der Waals surface area contributed by atoms with Crippen molar-refractivity contribution in [3.8, 4) is 5.75 Å². The second-order valence-corrected chi connectivity index (χ2v) is 3.90. The summed E-state index contributed by atoms with van der Waals surface area (Å²) in [7, 11) is 1.54. The molecule has 1 aromatic carbocycles. The number of carbonyl (C=O) groups is 2. The smallest absolute Gasteiger partial charge is 0.263 e. The molecule has 0 saturated carbocycles. The first-order valence-corrected chi connectivity index (χ1v) is 5.60. The van der Waals surface area contributed by atoms with Gasteiger partial charge in [0.05, 0.1) is 12.8 Å². The molecule has 5 nitrogen and oxygen atoms in total. The Labute approximate surface area is 105 Å². The standard InChI is InChI=1S/C13H14N2O3/c1-18-11-7-3-2-6-10(11)15-8-4-5-9(12(14)16)13(15)17/h2-3,5-7H,4,8H2,1H3,(H2,14,16). The van der Waals surface area contributed by atoms with Gasteiger partial charge in [-0.15, -0.1) is 0 Å². The summed E-state index contributed by atoms with van der Waals surface area (Å²) in [5.74, 6) is -0.477. The van der Waals surface area contributed by atoms with Gasteiger partial charge in [0.1, 0.15) is 11.3 Å². The van der Waals surface area contributed by atoms with Gasteiger partial charge in [0, 0.05) is 6.54 Å². The maximum Gasteiger partial charge on any atom is 0.263 e. The Morgan fingerprint density at radius 3 is 2.78 bits per heavy atom. The van der Waals surface area contributed by atoms with Gasteiger partial charge in [-0.05, 0) is 18.6 Å². The number of nitrogens with two attached hydrogens (primary N) is 1. The minimum Gasteiger partial charge on any atom is -0.495 e. The molecule has 1 aliphatic heterocycles. The van der Waals surface area contributed by atoms with E-state index in [4.69, 9.17) is 10.5 Å². The number of ether oxygens (including phenoxy) is 1. The second kappa shape index (κ2) is 4.91. The molecule has 2 amide bonds. The van der Waals surface area contributed by atoms with Gasteiger partial charge in [0.25, 0.3) is 11.8 Å². The monoisotopic (exact) mass is 246 g/mol. The zero-order valence-corrected chi connectivity index (χ0v) is 10.1. The molecule has 0 radical (unpaired) electrons. The van der Waals surface area contributed by atoms with Crippen LogP contribution >= 0.6 is 0 Å². The maximum absolute atomic E-state index is 12.1. The summed E-state index contributed by atoms with van der Waals surface area (Å²) in [5, 5.41) is 0. The van der Waals surface area contributed by atoms with Crippen LogP contribution in [0.1, 0.15) is 6.42 Å². The number of benzene rings is 1. The van der Waals surface area contributed by atoms with Crippen LogP contribution in [-0.2, 0) is 9.59 Å². The Hall–Kier alpha value is -2.30. The number of rotatable bonds is 3. The second-order valence-electron chi connectivity index (χ2n) is 3.90. The number of primary amides is 1. The van der Waals surface area contributed by atoms with Crippen LogP contribution in [-0.4, -0.2) is 25.5 Å². The lowest BCUT2D eigenvalue weighted by atomic mass is 10.1. The molecule has 0 aliphatic carbocycles. The molecule has 0 unspecified atom stereocenters. The lowest BCUT2D eigenvalue weighted by Crippen LogP contribution is -2.39. The van der Waals surface area contributed by atoms with Crippen molar-refractivity contribution in [3.05, 3.63) is 35.9 Å². The molecule has 2 N–H and O–H groups in total. The fraction of sp³-hybridized carbons (Fsp3) is 0.231. The van der Waals surface area contributed by atoms with E-state index >= 15 is 0 Å². The Morgan fingerprint density at radius 1 is 1.39 bits per heavy atom. The van der Waals surface area contributed by atoms with Crippen molar-refractivity contribution in [3.63, 3.8) is 0 Å². The molecule has 0 aromatic heterocycles. The molecule has 5 heteroatoms. The van der Waals surface area contributed by atoms with Gasteiger partial charge < -0.3 is 15.4 Å². The van der Waals surface area contributed by atoms with E-state index in [2.05, 4.69) is 0 Å². The van der Waals surface area contributed by atoms with Crippen molar-refractivity contribution in [1.29, 1.82) is 0 Å². The molecule has 0 saturated heterocycles. The van der Waals surface area contributed by atoms with E-state index in [0.717, 1.165) is 0 Å². The number of nitrogens with zero attached hydrogens (tertiary/aromatic N) is 1. The molecule has 0 bridgehead atoms. The van der Waals surface area contributed by atoms with Crippen LogP contribution in [0, 0.1) is 0 Å². The highest BCUT2D eigenvalue weighted by Crippen LogP contribution is 2.30. The number of anilines is 1. The summed E-state index contributed by atoms with van der Waals surface area (Å²) in [6, 6.07) is 7.18. The van der Waals surface area contributed by atoms with E-state index in [1.165, 1.54) is 12.0 Å². The molecule has 1 heterocycles. The normalized spacial score (nSPS) is 15.3. The molecule has 2 rings (SSSR count). The first kappa shape index (κ1) is 12.2. The quantitative estimate of drug-likeness (QED) is 0.803. The highest BCUT2D eigenvalue weighted by molar-refractivity contribution is 6.23. The summed E-state index contributed by atoms with van der Waals surface area (Å²) in [4.78, 5) is 24.8. The molecule has 1 aliphatic rings. The zero-order chi connectivity index (χ0) is 13.1. The fourth-order valence-corrected chi connectivity index (χ4v) is 1.96. The topological polar surface area (TPSA) is 72.6 Å². The van der Waals surface area contributed by atoms with Gasteiger partial charge in [-0.3, -0.25) is 9.59 Å². The Balaban J connectivity index is 2.38. The van der Waals surface area contributed by atoms with Crippen LogP contribution in [0.4, 0.5) is 5.69 Å². The van der Waals surface area contributed by atoms with E-state index < -0.39 is 5.91 Å². The third-order valence-corrected chi connectivity index (χ3v) is 2.82. The fourth-order valence-electron chi connectivity index (χ4n) is 1.96. The number of amides is 2. The van der Waals surface area contributed by atoms with Gasteiger partial charge in [0.2, 0.25) is 0 Å². The number of hydrogen-bond donors (Lipinski definition) is 1. The molecule has 0 atom stereocenters. The van der Waals surface area contributed by atoms with Gasteiger partial charge in [-0.25, -0.2) is 0 Å². The Bertz CT molecular complexity index is 523. The summed E-state index contributed by atoms with van der Waals surface area (Å²) in [6.45, 7) is 0.510. The van der Waals surface area contributed by atoms with Gasteiger partial charge in [-0.1, -0.05) is 18.2 Å². The van der Waals surface area contributed by atoms with Crippen LogP contribution < -0.4 is 15.4 Å². The Kier molecular flexibility index (Phi) is 3.32. The van der Waals surface area contributed by atoms with Gasteiger partial charge >= 0.3 is 0 Å². The van der Waals surface area contributed by atoms with Crippen molar-refractivity contribution in [1.82, 2.24) is 0 Å². The highest BCUT2D eigenvalue weighted by Gasteiger charge is 2.27. The first-order chi connectivity index (χ1) is 8.65. The van der Waals surface area contributed by atoms with Crippen LogP contribution in [0.5, 0.6) is 5.75 Å². The largest absolute Gasteiger partial charge is 0.495 e. The van der Waals surface area contributed by atoms with Crippen LogP contribution in [0.2, 0.25) is 0 Å². The van der Waals surface area contributed by atoms with Crippen molar-refractivity contribution in [2.24, 2.45) is 5.73 Å². The lowest BCUT2D eigenvalue weighted by Gasteiger charge is -2.27. The number of carbonyl (C=O) groups excluding carboxylic acids is 2. The van der Waals surface area contributed by atoms with Crippen molar-refractivity contribution in [2.45, 2.75) is 6.42 Å². The van der Waals surface area contributed by atoms with Gasteiger partial charge in [0.15, 0.2) is 0 Å². The number of hydrogen-bond acceptors (Lipinski definition) is 3. The van der Waals surface area contributed by atoms with Crippen LogP contribution in [0.25, 0.3) is 0 Å². The SMILES string of the molecule is COc1ccccc1N1CCC=C(C(N)=O)C1=O. The van der Waals surface area contributed by atoms with E-state index in [1.807, 2.05) is 12.1 Å². The van der Waals surface area contributed by atoms with E-state index in [1.54, 1.807) is 18.2 Å². The van der Waals surface area contributed by atoms with E-state index in [9.17, 15) is 9.59 Å². The third-order valence-electron chi connectivity index (χ3n) is 2.82. The molecule has 0 fully saturated rings. The molecular formula is C13H14N2O3. The number of para-hydroxylation sites is 2. The van der Waals surface area contributed by atoms with E-state index in [0.29, 0.717) is 24.4 Å². The zero-order valence-electron chi connectivity index (χ0n) is 10.1. The Morgan fingerprint density at radius 2 is 2.11 bits per heavy atom. The van der Waals surface area contributed by atoms with Crippen molar-refractivity contribution < 1.29 is 14.3 Å². The van der Waals surface area contributed by atoms with Gasteiger partial charge in [-0.2, -0.15) is 0 Å². The summed E-state index contributed by atoms with van der Waals surface area (Å²) in [6.07, 6.45) is 2.18. The first-order valence-electron chi connectivity index (χ1n) is 5.60. The highest BCUT2D eigenvalue weighted by atomic mass is 16.5. The molecule has 0 spiro atoms. The summed E-state index contributed by atoms with van der Waals surface area (Å²) < 4.78 is 5.21. The third kappa shape index (κ3) is 2.07. The van der Waals surface area contributed by atoms with Crippen LogP contribution in [0.3, 0.4) is 0 Å². The summed E-state index contributed by atoms with van der Waals surface area (Å²) in [5.41, 5.74) is 5.87. The molecule has 18 heavy (non-hydrogen) atoms. The minimum absolute atomic E-state index is 0.0344. The maximum atomic E-state index is 12.1. The predicted octanol–water partition coefficient (Wildman–Crippen LogP) is 0.844. The summed E-state index contributed by atoms with van der Waals surface area (Å²) >= 11 is 0. The average molecular weight is 246 g/mol. The molecule has 94 valence electrons. The van der Waals surface area contributed by atoms with Crippen molar-refractivity contribution in [2.75, 3.05) is 18.6 Å². The number of methoxy groups -OCH3 is 1. The predicted molar refractivity (Wildman–Crippen MR) is 67.2 cm³/mol. The minimum atomic E-state index is -0.695. The average Bonchev–Trinajstić information content (AvgIpc) is 2.38. The lowest BCUT2D eigenvalue weighted by molar-refractivity contribution is -0.121. The molecule has 1 aromatic rings. The van der Waals surface area contributed by atoms with E-state index in [-0.39, 0.29) is 11.5 Å². The molecular weight excluding hydrogens is 232 g/mol. The van der Waals surface area contributed by atoms with Crippen molar-refractivity contribution >= 4 is 17.5 Å².